The summed E-state index contributed by atoms with van der Waals surface area (Å²) in [5, 5.41) is 0. The van der Waals surface area contributed by atoms with E-state index in [2.05, 4.69) is 12.1 Å². The van der Waals surface area contributed by atoms with Crippen LogP contribution in [0.15, 0.2) is 60.7 Å². The summed E-state index contributed by atoms with van der Waals surface area (Å²) in [6.07, 6.45) is 0.830. The van der Waals surface area contributed by atoms with Gasteiger partial charge in [0.15, 0.2) is 0 Å². The van der Waals surface area contributed by atoms with Gasteiger partial charge in [-0.15, -0.1) is 11.6 Å². The number of rotatable bonds is 5. The number of para-hydroxylation sites is 1. The summed E-state index contributed by atoms with van der Waals surface area (Å²) in [6.45, 7) is 0. The predicted octanol–water partition coefficient (Wildman–Crippen LogP) is 4.44. The third-order valence-corrected chi connectivity index (χ3v) is 2.78. The van der Waals surface area contributed by atoms with Gasteiger partial charge in [-0.25, -0.2) is 0 Å². The van der Waals surface area contributed by atoms with Crippen LogP contribution in [0.2, 0.25) is 0 Å². The molecule has 0 aliphatic rings. The smallest absolute Gasteiger partial charge is 0.125 e. The molecule has 17 heavy (non-hydrogen) atoms. The highest BCUT2D eigenvalue weighted by Crippen LogP contribution is 2.24. The van der Waals surface area contributed by atoms with E-state index in [4.69, 9.17) is 16.3 Å². The molecule has 0 heterocycles. The van der Waals surface area contributed by atoms with E-state index in [1.807, 2.05) is 48.5 Å². The van der Waals surface area contributed by atoms with Crippen LogP contribution >= 0.6 is 11.6 Å². The van der Waals surface area contributed by atoms with Crippen molar-refractivity contribution in [3.8, 4) is 5.75 Å². The predicted molar refractivity (Wildman–Crippen MR) is 71.6 cm³/mol. The zero-order chi connectivity index (χ0) is 11.9. The molecule has 0 amide bonds. The van der Waals surface area contributed by atoms with Crippen LogP contribution in [0.4, 0.5) is 0 Å². The van der Waals surface area contributed by atoms with E-state index in [0.29, 0.717) is 5.88 Å². The van der Waals surface area contributed by atoms with Gasteiger partial charge in [0.1, 0.15) is 11.9 Å². The summed E-state index contributed by atoms with van der Waals surface area (Å²) in [5.41, 5.74) is 1.16. The van der Waals surface area contributed by atoms with Gasteiger partial charge in [-0.1, -0.05) is 48.5 Å². The van der Waals surface area contributed by atoms with E-state index in [1.54, 1.807) is 0 Å². The first-order chi connectivity index (χ1) is 8.40. The van der Waals surface area contributed by atoms with Gasteiger partial charge >= 0.3 is 0 Å². The zero-order valence-corrected chi connectivity index (χ0v) is 10.3. The Morgan fingerprint density at radius 2 is 1.47 bits per heavy atom. The van der Waals surface area contributed by atoms with Gasteiger partial charge in [-0.2, -0.15) is 0 Å². The number of hydrogen-bond donors (Lipinski definition) is 0. The SMILES string of the molecule is ClCCC(Oc1ccccc1)c1ccccc1. The van der Waals surface area contributed by atoms with Crippen molar-refractivity contribution >= 4 is 11.6 Å². The first-order valence-corrected chi connectivity index (χ1v) is 6.26. The molecule has 0 aliphatic heterocycles. The molecular formula is C15H15ClO. The second-order valence-electron chi connectivity index (χ2n) is 3.81. The maximum absolute atomic E-state index is 5.96. The molecule has 1 atom stereocenters. The van der Waals surface area contributed by atoms with Crippen LogP contribution in [0.1, 0.15) is 18.1 Å². The minimum atomic E-state index is 0.0242. The second kappa shape index (κ2) is 6.31. The highest BCUT2D eigenvalue weighted by Gasteiger charge is 2.11. The Morgan fingerprint density at radius 3 is 2.06 bits per heavy atom. The molecule has 0 aliphatic carbocycles. The van der Waals surface area contributed by atoms with Crippen molar-refractivity contribution in [1.29, 1.82) is 0 Å². The summed E-state index contributed by atoms with van der Waals surface area (Å²) >= 11 is 5.83. The number of benzene rings is 2. The van der Waals surface area contributed by atoms with Gasteiger partial charge < -0.3 is 4.74 Å². The fraction of sp³-hybridized carbons (Fsp3) is 0.200. The molecule has 0 aromatic heterocycles. The molecule has 0 N–H and O–H groups in total. The van der Waals surface area contributed by atoms with E-state index in [0.717, 1.165) is 17.7 Å². The molecule has 0 bridgehead atoms. The molecule has 88 valence electrons. The van der Waals surface area contributed by atoms with Crippen molar-refractivity contribution in [1.82, 2.24) is 0 Å². The molecule has 2 heteroatoms. The average Bonchev–Trinajstić information content (AvgIpc) is 2.40. The van der Waals surface area contributed by atoms with Crippen LogP contribution < -0.4 is 4.74 Å². The minimum Gasteiger partial charge on any atom is -0.486 e. The fourth-order valence-corrected chi connectivity index (χ4v) is 1.92. The Bertz CT molecular complexity index is 427. The molecule has 0 spiro atoms. The summed E-state index contributed by atoms with van der Waals surface area (Å²) in [4.78, 5) is 0. The summed E-state index contributed by atoms with van der Waals surface area (Å²) < 4.78 is 5.96. The van der Waals surface area contributed by atoms with Crippen molar-refractivity contribution in [2.75, 3.05) is 5.88 Å². The lowest BCUT2D eigenvalue weighted by Gasteiger charge is -2.18. The van der Waals surface area contributed by atoms with Gasteiger partial charge in [-0.05, 0) is 17.7 Å². The lowest BCUT2D eigenvalue weighted by atomic mass is 10.1. The first kappa shape index (κ1) is 12.0. The first-order valence-electron chi connectivity index (χ1n) is 5.73. The Hall–Kier alpha value is -1.47. The third-order valence-electron chi connectivity index (χ3n) is 2.56. The summed E-state index contributed by atoms with van der Waals surface area (Å²) in [5.74, 6) is 1.47. The van der Waals surface area contributed by atoms with Crippen LogP contribution in [0.3, 0.4) is 0 Å². The zero-order valence-electron chi connectivity index (χ0n) is 9.55. The molecule has 1 nitrogen and oxygen atoms in total. The number of alkyl halides is 1. The lowest BCUT2D eigenvalue weighted by Crippen LogP contribution is -2.08. The van der Waals surface area contributed by atoms with Crippen LogP contribution in [0.5, 0.6) is 5.75 Å². The molecule has 0 saturated heterocycles. The second-order valence-corrected chi connectivity index (χ2v) is 4.19. The van der Waals surface area contributed by atoms with Crippen molar-refractivity contribution in [3.05, 3.63) is 66.2 Å². The molecule has 2 aromatic carbocycles. The molecule has 1 unspecified atom stereocenters. The van der Waals surface area contributed by atoms with Gasteiger partial charge in [0.2, 0.25) is 0 Å². The molecule has 0 fully saturated rings. The topological polar surface area (TPSA) is 9.23 Å². The van der Waals surface area contributed by atoms with Gasteiger partial charge in [0.25, 0.3) is 0 Å². The largest absolute Gasteiger partial charge is 0.486 e. The molecule has 0 saturated carbocycles. The number of ether oxygens (including phenoxy) is 1. The summed E-state index contributed by atoms with van der Waals surface area (Å²) in [7, 11) is 0. The van der Waals surface area contributed by atoms with Crippen molar-refractivity contribution in [3.63, 3.8) is 0 Å². The van der Waals surface area contributed by atoms with Crippen LogP contribution in [0.25, 0.3) is 0 Å². The Kier molecular flexibility index (Phi) is 4.45. The molecule has 2 rings (SSSR count). The number of halogens is 1. The lowest BCUT2D eigenvalue weighted by molar-refractivity contribution is 0.202. The quantitative estimate of drug-likeness (QED) is 0.709. The monoisotopic (exact) mass is 246 g/mol. The third kappa shape index (κ3) is 3.50. The van der Waals surface area contributed by atoms with E-state index in [9.17, 15) is 0 Å². The van der Waals surface area contributed by atoms with E-state index in [1.165, 1.54) is 0 Å². The van der Waals surface area contributed by atoms with Crippen molar-refractivity contribution in [2.45, 2.75) is 12.5 Å². The normalized spacial score (nSPS) is 12.1. The van der Waals surface area contributed by atoms with E-state index >= 15 is 0 Å². The fourth-order valence-electron chi connectivity index (χ4n) is 1.72. The van der Waals surface area contributed by atoms with E-state index in [-0.39, 0.29) is 6.10 Å². The molecule has 2 aromatic rings. The Balaban J connectivity index is 2.13. The highest BCUT2D eigenvalue weighted by molar-refractivity contribution is 6.17. The van der Waals surface area contributed by atoms with Crippen molar-refractivity contribution in [2.24, 2.45) is 0 Å². The molecule has 0 radical (unpaired) electrons. The Morgan fingerprint density at radius 1 is 0.882 bits per heavy atom. The van der Waals surface area contributed by atoms with Gasteiger partial charge in [0, 0.05) is 12.3 Å². The van der Waals surface area contributed by atoms with Crippen LogP contribution in [-0.4, -0.2) is 5.88 Å². The van der Waals surface area contributed by atoms with Crippen molar-refractivity contribution < 1.29 is 4.74 Å². The van der Waals surface area contributed by atoms with Crippen LogP contribution in [0, 0.1) is 0 Å². The molecular weight excluding hydrogens is 232 g/mol. The standard InChI is InChI=1S/C15H15ClO/c16-12-11-15(13-7-3-1-4-8-13)17-14-9-5-2-6-10-14/h1-10,15H,11-12H2. The van der Waals surface area contributed by atoms with Crippen LogP contribution in [-0.2, 0) is 0 Å². The Labute approximate surface area is 107 Å². The van der Waals surface area contributed by atoms with Gasteiger partial charge in [0.05, 0.1) is 0 Å². The highest BCUT2D eigenvalue weighted by atomic mass is 35.5. The van der Waals surface area contributed by atoms with Gasteiger partial charge in [-0.3, -0.25) is 0 Å². The maximum Gasteiger partial charge on any atom is 0.125 e. The summed E-state index contributed by atoms with van der Waals surface area (Å²) in [6, 6.07) is 20.0. The number of hydrogen-bond acceptors (Lipinski definition) is 1. The maximum atomic E-state index is 5.96. The minimum absolute atomic E-state index is 0.0242. The van der Waals surface area contributed by atoms with E-state index < -0.39 is 0 Å². The average molecular weight is 247 g/mol.